The van der Waals surface area contributed by atoms with Crippen molar-refractivity contribution in [3.05, 3.63) is 41.1 Å². The molecule has 1 heterocycles. The molecule has 0 amide bonds. The molecule has 122 valence electrons. The molecule has 6 heteroatoms. The zero-order valence-corrected chi connectivity index (χ0v) is 14.0. The Morgan fingerprint density at radius 1 is 1.39 bits per heavy atom. The van der Waals surface area contributed by atoms with Crippen molar-refractivity contribution in [2.75, 3.05) is 12.4 Å². The van der Waals surface area contributed by atoms with Gasteiger partial charge in [-0.05, 0) is 31.4 Å². The van der Waals surface area contributed by atoms with E-state index in [1.165, 1.54) is 5.70 Å². The second kappa shape index (κ2) is 6.34. The monoisotopic (exact) mass is 331 g/mol. The molecule has 1 fully saturated rings. The molecule has 0 aromatic heterocycles. The standard InChI is InChI=1S/C17H21N3O2S/c1-2-23(21,22)15-9-5-6-12(10-18)16(15)17-13-7-3-4-8-14(13)19-11-20-17/h5-6,8-9,13,17,19-20H,2-4,7,11H2,1H3. The summed E-state index contributed by atoms with van der Waals surface area (Å²) in [6, 6.07) is 7.03. The van der Waals surface area contributed by atoms with Crippen LogP contribution in [-0.2, 0) is 9.84 Å². The summed E-state index contributed by atoms with van der Waals surface area (Å²) < 4.78 is 25.1. The van der Waals surface area contributed by atoms with Gasteiger partial charge in [0, 0.05) is 23.2 Å². The van der Waals surface area contributed by atoms with Gasteiger partial charge in [0.15, 0.2) is 9.84 Å². The normalized spacial score (nSPS) is 24.1. The van der Waals surface area contributed by atoms with Gasteiger partial charge < -0.3 is 5.32 Å². The fourth-order valence-electron chi connectivity index (χ4n) is 3.55. The number of allylic oxidation sites excluding steroid dienone is 1. The highest BCUT2D eigenvalue weighted by atomic mass is 32.2. The van der Waals surface area contributed by atoms with Crippen LogP contribution in [0.5, 0.6) is 0 Å². The number of nitriles is 1. The predicted molar refractivity (Wildman–Crippen MR) is 88.2 cm³/mol. The Labute approximate surface area is 137 Å². The Balaban J connectivity index is 2.17. The lowest BCUT2D eigenvalue weighted by molar-refractivity contribution is 0.297. The molecule has 2 aliphatic rings. The van der Waals surface area contributed by atoms with Crippen LogP contribution in [0.25, 0.3) is 0 Å². The molecular weight excluding hydrogens is 310 g/mol. The lowest BCUT2D eigenvalue weighted by atomic mass is 9.80. The van der Waals surface area contributed by atoms with Crippen molar-refractivity contribution in [2.45, 2.75) is 37.1 Å². The molecule has 0 saturated carbocycles. The fourth-order valence-corrected chi connectivity index (χ4v) is 4.72. The first-order valence-corrected chi connectivity index (χ1v) is 9.66. The Morgan fingerprint density at radius 3 is 2.96 bits per heavy atom. The average Bonchev–Trinajstić information content (AvgIpc) is 2.60. The zero-order valence-electron chi connectivity index (χ0n) is 13.2. The van der Waals surface area contributed by atoms with Gasteiger partial charge in [0.25, 0.3) is 0 Å². The van der Waals surface area contributed by atoms with Gasteiger partial charge in [-0.1, -0.05) is 19.1 Å². The SMILES string of the molecule is CCS(=O)(=O)c1cccc(C#N)c1C1NCNC2=CCCCC21. The molecular formula is C17H21N3O2S. The lowest BCUT2D eigenvalue weighted by Gasteiger charge is -2.39. The van der Waals surface area contributed by atoms with Crippen molar-refractivity contribution in [1.29, 1.82) is 5.26 Å². The van der Waals surface area contributed by atoms with Gasteiger partial charge >= 0.3 is 0 Å². The molecule has 1 aliphatic carbocycles. The van der Waals surface area contributed by atoms with Gasteiger partial charge in [-0.15, -0.1) is 0 Å². The van der Waals surface area contributed by atoms with E-state index < -0.39 is 9.84 Å². The molecule has 2 N–H and O–H groups in total. The highest BCUT2D eigenvalue weighted by molar-refractivity contribution is 7.91. The number of benzene rings is 1. The molecule has 0 bridgehead atoms. The Kier molecular flexibility index (Phi) is 4.42. The molecule has 1 saturated heterocycles. The first-order valence-electron chi connectivity index (χ1n) is 8.01. The van der Waals surface area contributed by atoms with Crippen LogP contribution in [0.3, 0.4) is 0 Å². The van der Waals surface area contributed by atoms with E-state index in [0.717, 1.165) is 19.3 Å². The van der Waals surface area contributed by atoms with Crippen LogP contribution < -0.4 is 10.6 Å². The molecule has 0 spiro atoms. The maximum Gasteiger partial charge on any atom is 0.178 e. The van der Waals surface area contributed by atoms with Crippen molar-refractivity contribution in [2.24, 2.45) is 5.92 Å². The minimum atomic E-state index is -3.38. The summed E-state index contributed by atoms with van der Waals surface area (Å²) in [6.07, 6.45) is 5.32. The highest BCUT2D eigenvalue weighted by Gasteiger charge is 2.35. The molecule has 2 unspecified atom stereocenters. The third-order valence-corrected chi connectivity index (χ3v) is 6.50. The van der Waals surface area contributed by atoms with E-state index >= 15 is 0 Å². The van der Waals surface area contributed by atoms with Crippen LogP contribution in [0, 0.1) is 17.2 Å². The van der Waals surface area contributed by atoms with E-state index in [9.17, 15) is 13.7 Å². The van der Waals surface area contributed by atoms with Gasteiger partial charge in [-0.25, -0.2) is 8.42 Å². The van der Waals surface area contributed by atoms with Gasteiger partial charge in [0.2, 0.25) is 0 Å². The topological polar surface area (TPSA) is 82.0 Å². The van der Waals surface area contributed by atoms with Crippen LogP contribution in [0.4, 0.5) is 0 Å². The van der Waals surface area contributed by atoms with Crippen LogP contribution in [0.2, 0.25) is 0 Å². The van der Waals surface area contributed by atoms with Crippen LogP contribution in [0.15, 0.2) is 34.9 Å². The summed E-state index contributed by atoms with van der Waals surface area (Å²) in [5, 5.41) is 16.2. The summed E-state index contributed by atoms with van der Waals surface area (Å²) >= 11 is 0. The van der Waals surface area contributed by atoms with Crippen molar-refractivity contribution in [3.63, 3.8) is 0 Å². The van der Waals surface area contributed by atoms with Crippen LogP contribution in [-0.4, -0.2) is 20.8 Å². The maximum absolute atomic E-state index is 12.5. The van der Waals surface area contributed by atoms with Crippen molar-refractivity contribution < 1.29 is 8.42 Å². The molecule has 3 rings (SSSR count). The number of hydrogen-bond donors (Lipinski definition) is 2. The highest BCUT2D eigenvalue weighted by Crippen LogP contribution is 2.39. The minimum absolute atomic E-state index is 0.0349. The van der Waals surface area contributed by atoms with E-state index in [1.54, 1.807) is 25.1 Å². The zero-order chi connectivity index (χ0) is 16.4. The molecule has 0 radical (unpaired) electrons. The number of rotatable bonds is 3. The van der Waals surface area contributed by atoms with E-state index in [1.807, 2.05) is 0 Å². The quantitative estimate of drug-likeness (QED) is 0.887. The number of hydrogen-bond acceptors (Lipinski definition) is 5. The lowest BCUT2D eigenvalue weighted by Crippen LogP contribution is -2.46. The third-order valence-electron chi connectivity index (χ3n) is 4.71. The van der Waals surface area contributed by atoms with E-state index in [2.05, 4.69) is 22.8 Å². The van der Waals surface area contributed by atoms with Gasteiger partial charge in [-0.3, -0.25) is 5.32 Å². The molecule has 1 aromatic carbocycles. The molecule has 1 aromatic rings. The Bertz CT molecular complexity index is 778. The molecule has 23 heavy (non-hydrogen) atoms. The molecule has 2 atom stereocenters. The number of nitrogens with zero attached hydrogens (tertiary/aromatic N) is 1. The van der Waals surface area contributed by atoms with E-state index in [-0.39, 0.29) is 17.7 Å². The van der Waals surface area contributed by atoms with Crippen LogP contribution >= 0.6 is 0 Å². The Morgan fingerprint density at radius 2 is 2.22 bits per heavy atom. The fraction of sp³-hybridized carbons (Fsp3) is 0.471. The summed E-state index contributed by atoms with van der Waals surface area (Å²) in [5.41, 5.74) is 2.26. The molecule has 1 aliphatic heterocycles. The number of fused-ring (bicyclic) bond motifs is 1. The van der Waals surface area contributed by atoms with Crippen molar-refractivity contribution in [1.82, 2.24) is 10.6 Å². The summed E-state index contributed by atoms with van der Waals surface area (Å²) in [7, 11) is -3.38. The van der Waals surface area contributed by atoms with Gasteiger partial charge in [0.1, 0.15) is 0 Å². The first kappa shape index (κ1) is 16.0. The predicted octanol–water partition coefficient (Wildman–Crippen LogP) is 2.23. The average molecular weight is 331 g/mol. The number of sulfone groups is 1. The molecule has 5 nitrogen and oxygen atoms in total. The third kappa shape index (κ3) is 2.87. The largest absolute Gasteiger partial charge is 0.376 e. The van der Waals surface area contributed by atoms with E-state index in [4.69, 9.17) is 0 Å². The van der Waals surface area contributed by atoms with Crippen LogP contribution in [0.1, 0.15) is 43.4 Å². The van der Waals surface area contributed by atoms with Crippen molar-refractivity contribution in [3.8, 4) is 6.07 Å². The van der Waals surface area contributed by atoms with Gasteiger partial charge in [-0.2, -0.15) is 5.26 Å². The first-order chi connectivity index (χ1) is 11.1. The van der Waals surface area contributed by atoms with Crippen molar-refractivity contribution >= 4 is 9.84 Å². The smallest absolute Gasteiger partial charge is 0.178 e. The summed E-state index contributed by atoms with van der Waals surface area (Å²) in [5.74, 6) is 0.227. The summed E-state index contributed by atoms with van der Waals surface area (Å²) in [4.78, 5) is 0.295. The summed E-state index contributed by atoms with van der Waals surface area (Å²) in [6.45, 7) is 2.22. The second-order valence-electron chi connectivity index (χ2n) is 5.96. The maximum atomic E-state index is 12.5. The van der Waals surface area contributed by atoms with E-state index in [0.29, 0.717) is 22.7 Å². The second-order valence-corrected chi connectivity index (χ2v) is 8.21. The minimum Gasteiger partial charge on any atom is -0.376 e. The van der Waals surface area contributed by atoms with Gasteiger partial charge in [0.05, 0.1) is 28.9 Å². The Hall–Kier alpha value is -1.84. The number of nitrogens with one attached hydrogen (secondary N) is 2.